The van der Waals surface area contributed by atoms with E-state index in [1.165, 1.54) is 6.08 Å². The summed E-state index contributed by atoms with van der Waals surface area (Å²) < 4.78 is 0. The van der Waals surface area contributed by atoms with Crippen LogP contribution in [0, 0.1) is 0 Å². The van der Waals surface area contributed by atoms with Crippen LogP contribution in [0.5, 0.6) is 0 Å². The second-order valence-electron chi connectivity index (χ2n) is 4.15. The number of carbonyl (C=O) groups excluding carboxylic acids is 2. The zero-order chi connectivity index (χ0) is 13.5. The standard InChI is InChI=1S/C12H10N4O3/c17-10-8-6-9(7-4-2-1-3-5-7)15-16-12(8,19)14-11(18)13-10/h1-6,16,19H,(H2,13,14,17,18). The van der Waals surface area contributed by atoms with Crippen molar-refractivity contribution in [2.24, 2.45) is 5.10 Å². The third kappa shape index (κ3) is 1.85. The zero-order valence-corrected chi connectivity index (χ0v) is 9.68. The van der Waals surface area contributed by atoms with Gasteiger partial charge in [0.05, 0.1) is 11.3 Å². The molecule has 19 heavy (non-hydrogen) atoms. The number of allylic oxidation sites excluding steroid dienone is 1. The number of fused-ring (bicyclic) bond motifs is 1. The van der Waals surface area contributed by atoms with Gasteiger partial charge in [-0.25, -0.2) is 4.79 Å². The fourth-order valence-corrected chi connectivity index (χ4v) is 1.92. The second kappa shape index (κ2) is 3.92. The van der Waals surface area contributed by atoms with Gasteiger partial charge < -0.3 is 5.11 Å². The van der Waals surface area contributed by atoms with E-state index in [1.807, 2.05) is 30.3 Å². The summed E-state index contributed by atoms with van der Waals surface area (Å²) in [5.41, 5.74) is 3.65. The van der Waals surface area contributed by atoms with Gasteiger partial charge in [0, 0.05) is 5.56 Å². The molecule has 3 rings (SSSR count). The zero-order valence-electron chi connectivity index (χ0n) is 9.68. The quantitative estimate of drug-likeness (QED) is 0.540. The predicted molar refractivity (Wildman–Crippen MR) is 65.8 cm³/mol. The lowest BCUT2D eigenvalue weighted by Gasteiger charge is -2.35. The highest BCUT2D eigenvalue weighted by atomic mass is 16.3. The fraction of sp³-hybridized carbons (Fsp3) is 0.0833. The lowest BCUT2D eigenvalue weighted by atomic mass is 10.0. The van der Waals surface area contributed by atoms with E-state index in [1.54, 1.807) is 0 Å². The van der Waals surface area contributed by atoms with E-state index in [9.17, 15) is 14.7 Å². The number of carbonyl (C=O) groups is 2. The second-order valence-corrected chi connectivity index (χ2v) is 4.15. The minimum absolute atomic E-state index is 0.0130. The van der Waals surface area contributed by atoms with Gasteiger partial charge in [-0.1, -0.05) is 30.3 Å². The maximum atomic E-state index is 11.7. The number of urea groups is 1. The summed E-state index contributed by atoms with van der Waals surface area (Å²) in [6, 6.07) is 8.38. The summed E-state index contributed by atoms with van der Waals surface area (Å²) in [4.78, 5) is 22.9. The van der Waals surface area contributed by atoms with E-state index < -0.39 is 17.8 Å². The Morgan fingerprint density at radius 2 is 1.89 bits per heavy atom. The first-order chi connectivity index (χ1) is 9.08. The van der Waals surface area contributed by atoms with E-state index in [4.69, 9.17) is 0 Å². The number of hydrazone groups is 1. The Hall–Kier alpha value is -2.67. The maximum Gasteiger partial charge on any atom is 0.325 e. The van der Waals surface area contributed by atoms with Gasteiger partial charge >= 0.3 is 6.03 Å². The normalized spacial score (nSPS) is 25.3. The van der Waals surface area contributed by atoms with Crippen LogP contribution < -0.4 is 16.1 Å². The summed E-state index contributed by atoms with van der Waals surface area (Å²) in [5, 5.41) is 18.3. The highest BCUT2D eigenvalue weighted by molar-refractivity contribution is 6.17. The van der Waals surface area contributed by atoms with E-state index >= 15 is 0 Å². The Morgan fingerprint density at radius 1 is 1.16 bits per heavy atom. The Balaban J connectivity index is 2.01. The number of hydrogen-bond donors (Lipinski definition) is 4. The molecule has 2 aliphatic heterocycles. The smallest absolute Gasteiger partial charge is 0.325 e. The summed E-state index contributed by atoms with van der Waals surface area (Å²) in [5.74, 6) is -2.63. The number of nitrogens with one attached hydrogen (secondary N) is 3. The first-order valence-electron chi connectivity index (χ1n) is 5.57. The lowest BCUT2D eigenvalue weighted by molar-refractivity contribution is -0.121. The molecule has 0 bridgehead atoms. The first-order valence-corrected chi connectivity index (χ1v) is 5.57. The summed E-state index contributed by atoms with van der Waals surface area (Å²) in [7, 11) is 0. The molecule has 1 aromatic rings. The van der Waals surface area contributed by atoms with Crippen LogP contribution in [0.2, 0.25) is 0 Å². The van der Waals surface area contributed by atoms with Crippen molar-refractivity contribution in [1.82, 2.24) is 16.1 Å². The summed E-state index contributed by atoms with van der Waals surface area (Å²) >= 11 is 0. The molecule has 0 saturated carbocycles. The van der Waals surface area contributed by atoms with Crippen LogP contribution in [0.3, 0.4) is 0 Å². The fourth-order valence-electron chi connectivity index (χ4n) is 1.92. The molecule has 1 atom stereocenters. The maximum absolute atomic E-state index is 11.7. The molecule has 0 spiro atoms. The Kier molecular flexibility index (Phi) is 2.36. The molecule has 0 aliphatic carbocycles. The Bertz CT molecular complexity index is 623. The third-order valence-electron chi connectivity index (χ3n) is 2.84. The van der Waals surface area contributed by atoms with Crippen molar-refractivity contribution in [1.29, 1.82) is 0 Å². The van der Waals surface area contributed by atoms with Crippen molar-refractivity contribution in [3.63, 3.8) is 0 Å². The van der Waals surface area contributed by atoms with Gasteiger partial charge in [0.2, 0.25) is 0 Å². The summed E-state index contributed by atoms with van der Waals surface area (Å²) in [6.07, 6.45) is 1.43. The van der Waals surface area contributed by atoms with Gasteiger partial charge in [0.15, 0.2) is 0 Å². The molecule has 0 aromatic heterocycles. The first kappa shape index (κ1) is 11.4. The van der Waals surface area contributed by atoms with E-state index in [0.29, 0.717) is 5.71 Å². The number of benzene rings is 1. The molecule has 3 amide bonds. The molecule has 7 heteroatoms. The van der Waals surface area contributed by atoms with Crippen LogP contribution in [0.4, 0.5) is 4.79 Å². The number of hydrogen-bond acceptors (Lipinski definition) is 5. The molecule has 1 unspecified atom stereocenters. The van der Waals surface area contributed by atoms with Crippen LogP contribution in [0.25, 0.3) is 0 Å². The number of nitrogens with zero attached hydrogens (tertiary/aromatic N) is 1. The van der Waals surface area contributed by atoms with Crippen LogP contribution in [-0.2, 0) is 4.79 Å². The van der Waals surface area contributed by atoms with Crippen LogP contribution in [0.1, 0.15) is 5.56 Å². The van der Waals surface area contributed by atoms with Crippen molar-refractivity contribution in [2.75, 3.05) is 0 Å². The molecule has 1 saturated heterocycles. The van der Waals surface area contributed by atoms with E-state index in [0.717, 1.165) is 5.56 Å². The minimum atomic E-state index is -1.96. The van der Waals surface area contributed by atoms with Crippen LogP contribution in [0.15, 0.2) is 47.1 Å². The lowest BCUT2D eigenvalue weighted by Crippen LogP contribution is -2.69. The molecular weight excluding hydrogens is 248 g/mol. The molecule has 96 valence electrons. The molecule has 0 radical (unpaired) electrons. The highest BCUT2D eigenvalue weighted by Crippen LogP contribution is 2.20. The number of amides is 3. The average molecular weight is 258 g/mol. The Morgan fingerprint density at radius 3 is 2.63 bits per heavy atom. The monoisotopic (exact) mass is 258 g/mol. The molecule has 2 aliphatic rings. The van der Waals surface area contributed by atoms with Crippen molar-refractivity contribution >= 4 is 17.6 Å². The van der Waals surface area contributed by atoms with Gasteiger partial charge in [-0.3, -0.25) is 20.9 Å². The molecule has 4 N–H and O–H groups in total. The SMILES string of the molecule is O=C1NC(=O)C2=CC(c3ccccc3)=NNC2(O)N1. The summed E-state index contributed by atoms with van der Waals surface area (Å²) in [6.45, 7) is 0. The van der Waals surface area contributed by atoms with E-state index in [2.05, 4.69) is 21.2 Å². The van der Waals surface area contributed by atoms with Gasteiger partial charge in [0.1, 0.15) is 0 Å². The number of imide groups is 1. The van der Waals surface area contributed by atoms with Gasteiger partial charge in [-0.05, 0) is 6.08 Å². The minimum Gasteiger partial charge on any atom is -0.349 e. The predicted octanol–water partition coefficient (Wildman–Crippen LogP) is -0.594. The molecule has 1 fully saturated rings. The van der Waals surface area contributed by atoms with Crippen molar-refractivity contribution < 1.29 is 14.7 Å². The van der Waals surface area contributed by atoms with Crippen molar-refractivity contribution in [2.45, 2.75) is 5.85 Å². The van der Waals surface area contributed by atoms with Gasteiger partial charge in [-0.2, -0.15) is 5.10 Å². The van der Waals surface area contributed by atoms with E-state index in [-0.39, 0.29) is 5.57 Å². The topological polar surface area (TPSA) is 103 Å². The molecular formula is C12H10N4O3. The number of aliphatic hydroxyl groups is 1. The average Bonchev–Trinajstić information content (AvgIpc) is 2.38. The van der Waals surface area contributed by atoms with Gasteiger partial charge in [0.25, 0.3) is 11.8 Å². The number of rotatable bonds is 1. The largest absolute Gasteiger partial charge is 0.349 e. The Labute approximate surface area is 108 Å². The highest BCUT2D eigenvalue weighted by Gasteiger charge is 2.44. The van der Waals surface area contributed by atoms with Crippen LogP contribution >= 0.6 is 0 Å². The van der Waals surface area contributed by atoms with Crippen molar-refractivity contribution in [3.05, 3.63) is 47.5 Å². The molecule has 1 aromatic carbocycles. The van der Waals surface area contributed by atoms with Crippen molar-refractivity contribution in [3.8, 4) is 0 Å². The molecule has 2 heterocycles. The third-order valence-corrected chi connectivity index (χ3v) is 2.84. The van der Waals surface area contributed by atoms with Gasteiger partial charge in [-0.15, -0.1) is 0 Å². The van der Waals surface area contributed by atoms with Crippen LogP contribution in [-0.4, -0.2) is 28.6 Å². The molecule has 7 nitrogen and oxygen atoms in total.